The van der Waals surface area contributed by atoms with Crippen LogP contribution in [0, 0.1) is 13.8 Å². The van der Waals surface area contributed by atoms with Crippen LogP contribution in [-0.2, 0) is 10.3 Å². The van der Waals surface area contributed by atoms with Gasteiger partial charge in [0.05, 0.1) is 0 Å². The van der Waals surface area contributed by atoms with Gasteiger partial charge in [0.15, 0.2) is 5.82 Å². The summed E-state index contributed by atoms with van der Waals surface area (Å²) in [4.78, 5) is 9.09. The average Bonchev–Trinajstić information content (AvgIpc) is 2.61. The third kappa shape index (κ3) is 2.52. The Morgan fingerprint density at radius 1 is 1.06 bits per heavy atom. The summed E-state index contributed by atoms with van der Waals surface area (Å²) in [7, 11) is 1.76. The first kappa shape index (κ1) is 13.8. The minimum atomic E-state index is -0.335. The summed E-state index contributed by atoms with van der Waals surface area (Å²) in [5, 5.41) is 0.554. The lowest BCUT2D eigenvalue weighted by Gasteiger charge is -2.30. The van der Waals surface area contributed by atoms with Crippen LogP contribution >= 0.6 is 11.6 Å². The molecular formula is C14H21ClN2O. The van der Waals surface area contributed by atoms with Gasteiger partial charge in [0.25, 0.3) is 0 Å². The van der Waals surface area contributed by atoms with E-state index in [1.165, 1.54) is 25.7 Å². The molecule has 0 amide bonds. The molecule has 100 valence electrons. The summed E-state index contributed by atoms with van der Waals surface area (Å²) >= 11 is 6.19. The second kappa shape index (κ2) is 5.54. The molecule has 0 N–H and O–H groups in total. The molecule has 18 heavy (non-hydrogen) atoms. The van der Waals surface area contributed by atoms with Crippen molar-refractivity contribution in [1.82, 2.24) is 9.97 Å². The van der Waals surface area contributed by atoms with Gasteiger partial charge in [0.2, 0.25) is 0 Å². The van der Waals surface area contributed by atoms with Gasteiger partial charge < -0.3 is 4.74 Å². The fraction of sp³-hybridized carbons (Fsp3) is 0.714. The molecule has 4 heteroatoms. The summed E-state index contributed by atoms with van der Waals surface area (Å²) in [6.45, 7) is 3.93. The molecule has 0 aromatic carbocycles. The van der Waals surface area contributed by atoms with Crippen LogP contribution < -0.4 is 0 Å². The number of halogens is 1. The second-order valence-corrected chi connectivity index (χ2v) is 5.52. The van der Waals surface area contributed by atoms with Crippen LogP contribution in [0.2, 0.25) is 5.15 Å². The minimum absolute atomic E-state index is 0.335. The number of hydrogen-bond donors (Lipinski definition) is 0. The summed E-state index contributed by atoms with van der Waals surface area (Å²) in [5.74, 6) is 0.764. The number of hydrogen-bond acceptors (Lipinski definition) is 3. The maximum atomic E-state index is 6.19. The van der Waals surface area contributed by atoms with Crippen LogP contribution in [0.1, 0.15) is 55.6 Å². The highest BCUT2D eigenvalue weighted by atomic mass is 35.5. The number of nitrogens with zero attached hydrogens (tertiary/aromatic N) is 2. The molecule has 0 radical (unpaired) electrons. The molecular weight excluding hydrogens is 248 g/mol. The Kier molecular flexibility index (Phi) is 4.23. The van der Waals surface area contributed by atoms with E-state index in [0.717, 1.165) is 29.9 Å². The van der Waals surface area contributed by atoms with E-state index in [0.29, 0.717) is 5.15 Å². The Labute approximate surface area is 114 Å². The smallest absolute Gasteiger partial charge is 0.162 e. The van der Waals surface area contributed by atoms with E-state index < -0.39 is 0 Å². The van der Waals surface area contributed by atoms with E-state index >= 15 is 0 Å². The SMILES string of the molecule is COC1(c2nc(C)c(C)c(Cl)n2)CCCCCC1. The quantitative estimate of drug-likeness (QED) is 0.602. The second-order valence-electron chi connectivity index (χ2n) is 5.16. The van der Waals surface area contributed by atoms with Crippen molar-refractivity contribution in [2.75, 3.05) is 7.11 Å². The highest BCUT2D eigenvalue weighted by molar-refractivity contribution is 6.30. The minimum Gasteiger partial charge on any atom is -0.370 e. The Hall–Kier alpha value is -0.670. The van der Waals surface area contributed by atoms with Crippen molar-refractivity contribution in [3.05, 3.63) is 22.2 Å². The first-order valence-corrected chi connectivity index (χ1v) is 7.03. The van der Waals surface area contributed by atoms with Crippen molar-refractivity contribution in [2.45, 2.75) is 58.0 Å². The molecule has 0 bridgehead atoms. The van der Waals surface area contributed by atoms with Crippen LogP contribution in [-0.4, -0.2) is 17.1 Å². The van der Waals surface area contributed by atoms with E-state index in [1.807, 2.05) is 13.8 Å². The molecule has 0 saturated heterocycles. The van der Waals surface area contributed by atoms with Gasteiger partial charge >= 0.3 is 0 Å². The van der Waals surface area contributed by atoms with Crippen LogP contribution in [0.15, 0.2) is 0 Å². The van der Waals surface area contributed by atoms with Crippen molar-refractivity contribution < 1.29 is 4.74 Å². The predicted molar refractivity (Wildman–Crippen MR) is 72.9 cm³/mol. The van der Waals surface area contributed by atoms with Gasteiger partial charge in [-0.3, -0.25) is 0 Å². The Morgan fingerprint density at radius 3 is 2.17 bits per heavy atom. The molecule has 1 aliphatic rings. The third-order valence-electron chi connectivity index (χ3n) is 4.04. The molecule has 0 aliphatic heterocycles. The third-order valence-corrected chi connectivity index (χ3v) is 4.41. The van der Waals surface area contributed by atoms with E-state index in [2.05, 4.69) is 9.97 Å². The van der Waals surface area contributed by atoms with E-state index in [1.54, 1.807) is 7.11 Å². The van der Waals surface area contributed by atoms with Gasteiger partial charge in [-0.25, -0.2) is 9.97 Å². The maximum Gasteiger partial charge on any atom is 0.162 e. The molecule has 1 heterocycles. The molecule has 0 unspecified atom stereocenters. The van der Waals surface area contributed by atoms with Crippen LogP contribution in [0.5, 0.6) is 0 Å². The van der Waals surface area contributed by atoms with Crippen molar-refractivity contribution in [3.8, 4) is 0 Å². The molecule has 1 aromatic heterocycles. The van der Waals surface area contributed by atoms with Gasteiger partial charge in [0, 0.05) is 18.4 Å². The lowest BCUT2D eigenvalue weighted by Crippen LogP contribution is -2.31. The summed E-state index contributed by atoms with van der Waals surface area (Å²) < 4.78 is 5.81. The van der Waals surface area contributed by atoms with E-state index in [4.69, 9.17) is 16.3 Å². The van der Waals surface area contributed by atoms with E-state index in [9.17, 15) is 0 Å². The van der Waals surface area contributed by atoms with Crippen molar-refractivity contribution in [3.63, 3.8) is 0 Å². The van der Waals surface area contributed by atoms with Crippen molar-refractivity contribution >= 4 is 11.6 Å². The zero-order valence-corrected chi connectivity index (χ0v) is 12.2. The number of aryl methyl sites for hydroxylation is 1. The number of ether oxygens (including phenoxy) is 1. The number of aromatic nitrogens is 2. The highest BCUT2D eigenvalue weighted by Crippen LogP contribution is 2.38. The first-order chi connectivity index (χ1) is 8.59. The molecule has 1 fully saturated rings. The molecule has 2 rings (SSSR count). The monoisotopic (exact) mass is 268 g/mol. The fourth-order valence-electron chi connectivity index (χ4n) is 2.62. The molecule has 1 aliphatic carbocycles. The standard InChI is InChI=1S/C14H21ClN2O/c1-10-11(2)16-13(17-12(10)15)14(18-3)8-6-4-5-7-9-14/h4-9H2,1-3H3. The predicted octanol–water partition coefficient (Wildman–Crippen LogP) is 3.94. The summed E-state index contributed by atoms with van der Waals surface area (Å²) in [6.07, 6.45) is 6.85. The molecule has 1 saturated carbocycles. The van der Waals surface area contributed by atoms with Crippen LogP contribution in [0.3, 0.4) is 0 Å². The maximum absolute atomic E-state index is 6.19. The number of methoxy groups -OCH3 is 1. The summed E-state index contributed by atoms with van der Waals surface area (Å²) in [6, 6.07) is 0. The van der Waals surface area contributed by atoms with Crippen LogP contribution in [0.4, 0.5) is 0 Å². The van der Waals surface area contributed by atoms with Crippen LogP contribution in [0.25, 0.3) is 0 Å². The summed E-state index contributed by atoms with van der Waals surface area (Å²) in [5.41, 5.74) is 1.57. The van der Waals surface area contributed by atoms with E-state index in [-0.39, 0.29) is 5.60 Å². The van der Waals surface area contributed by atoms with Gasteiger partial charge in [0.1, 0.15) is 10.8 Å². The average molecular weight is 269 g/mol. The number of rotatable bonds is 2. The van der Waals surface area contributed by atoms with Gasteiger partial charge in [-0.15, -0.1) is 0 Å². The lowest BCUT2D eigenvalue weighted by molar-refractivity contribution is -0.0352. The topological polar surface area (TPSA) is 35.0 Å². The molecule has 1 aromatic rings. The Balaban J connectivity index is 2.43. The highest BCUT2D eigenvalue weighted by Gasteiger charge is 2.36. The van der Waals surface area contributed by atoms with Gasteiger partial charge in [-0.2, -0.15) is 0 Å². The largest absolute Gasteiger partial charge is 0.370 e. The first-order valence-electron chi connectivity index (χ1n) is 6.65. The molecule has 0 atom stereocenters. The van der Waals surface area contributed by atoms with Crippen molar-refractivity contribution in [1.29, 1.82) is 0 Å². The van der Waals surface area contributed by atoms with Gasteiger partial charge in [-0.05, 0) is 26.7 Å². The lowest BCUT2D eigenvalue weighted by atomic mass is 9.93. The fourth-order valence-corrected chi connectivity index (χ4v) is 2.83. The normalized spacial score (nSPS) is 19.6. The Morgan fingerprint density at radius 2 is 1.67 bits per heavy atom. The molecule has 0 spiro atoms. The zero-order chi connectivity index (χ0) is 13.2. The van der Waals surface area contributed by atoms with Gasteiger partial charge in [-0.1, -0.05) is 37.3 Å². The van der Waals surface area contributed by atoms with Crippen molar-refractivity contribution in [2.24, 2.45) is 0 Å². The zero-order valence-electron chi connectivity index (χ0n) is 11.4. The Bertz CT molecular complexity index is 403. The molecule has 3 nitrogen and oxygen atoms in total.